The van der Waals surface area contributed by atoms with Crippen molar-refractivity contribution in [2.75, 3.05) is 13.1 Å². The second-order valence-corrected chi connectivity index (χ2v) is 11.2. The summed E-state index contributed by atoms with van der Waals surface area (Å²) in [6.45, 7) is 0.259. The smallest absolute Gasteiger partial charge is 0.416 e. The van der Waals surface area contributed by atoms with Crippen LogP contribution in [0.5, 0.6) is 0 Å². The number of carbonyl (C=O) groups is 2. The number of carboxylic acid groups (broad SMARTS) is 1. The van der Waals surface area contributed by atoms with Crippen molar-refractivity contribution in [1.29, 1.82) is 0 Å². The number of piperazine rings is 1. The van der Waals surface area contributed by atoms with E-state index in [2.05, 4.69) is 4.98 Å². The molecule has 4 heterocycles. The molecule has 7 nitrogen and oxygen atoms in total. The third-order valence-electron chi connectivity index (χ3n) is 8.35. The lowest BCUT2D eigenvalue weighted by Gasteiger charge is -2.48. The van der Waals surface area contributed by atoms with Crippen molar-refractivity contribution in [3.63, 3.8) is 0 Å². The standard InChI is InChI=1S/C32H26F6N4O3/c33-31(34,35)22-11-20(12-23(14-22)32(36,37)38)29(43)41-18-24-9-8-19(27-6-3-4-10-39-27)15-40(24)17-25(41)13-21-16-42(30(44)45)28-7-2-1-5-26(21)28/h1-7,10-12,14-16,24-25H,8-9,13,17-18H2,(H,44,45)/t24-,25-/m1/s1. The molecular formula is C32H26F6N4O3. The van der Waals surface area contributed by atoms with Gasteiger partial charge in [0.15, 0.2) is 0 Å². The van der Waals surface area contributed by atoms with E-state index in [0.717, 1.165) is 15.8 Å². The van der Waals surface area contributed by atoms with Gasteiger partial charge in [-0.15, -0.1) is 0 Å². The van der Waals surface area contributed by atoms with Crippen molar-refractivity contribution >= 4 is 28.5 Å². The topological polar surface area (TPSA) is 78.7 Å². The van der Waals surface area contributed by atoms with E-state index < -0.39 is 47.1 Å². The number of hydrogen-bond donors (Lipinski definition) is 1. The van der Waals surface area contributed by atoms with Crippen LogP contribution in [0.25, 0.3) is 16.5 Å². The Morgan fingerprint density at radius 2 is 1.60 bits per heavy atom. The minimum absolute atomic E-state index is 0.00195. The van der Waals surface area contributed by atoms with E-state index in [0.29, 0.717) is 41.4 Å². The number of halogens is 6. The number of allylic oxidation sites excluding steroid dienone is 1. The van der Waals surface area contributed by atoms with E-state index in [1.165, 1.54) is 11.1 Å². The molecule has 2 aromatic heterocycles. The molecule has 0 spiro atoms. The largest absolute Gasteiger partial charge is 0.464 e. The van der Waals surface area contributed by atoms with Gasteiger partial charge in [-0.25, -0.2) is 4.79 Å². The number of fused-ring (bicyclic) bond motifs is 2. The number of rotatable bonds is 4. The highest BCUT2D eigenvalue weighted by Crippen LogP contribution is 2.38. The van der Waals surface area contributed by atoms with Crippen LogP contribution in [0.4, 0.5) is 31.1 Å². The molecule has 13 heteroatoms. The number of pyridine rings is 1. The first-order valence-corrected chi connectivity index (χ1v) is 14.1. The highest BCUT2D eigenvalue weighted by Gasteiger charge is 2.41. The summed E-state index contributed by atoms with van der Waals surface area (Å²) >= 11 is 0. The number of alkyl halides is 6. The van der Waals surface area contributed by atoms with Crippen molar-refractivity contribution in [1.82, 2.24) is 19.4 Å². The molecule has 2 aliphatic heterocycles. The van der Waals surface area contributed by atoms with Gasteiger partial charge in [-0.05, 0) is 66.8 Å². The lowest BCUT2D eigenvalue weighted by molar-refractivity contribution is -0.143. The molecule has 1 N–H and O–H groups in total. The first kappa shape index (κ1) is 30.2. The zero-order valence-corrected chi connectivity index (χ0v) is 23.5. The molecular weight excluding hydrogens is 602 g/mol. The third-order valence-corrected chi connectivity index (χ3v) is 8.35. The molecule has 6 rings (SSSR count). The summed E-state index contributed by atoms with van der Waals surface area (Å²) in [6.07, 6.45) is -5.11. The van der Waals surface area contributed by atoms with E-state index >= 15 is 0 Å². The van der Waals surface area contributed by atoms with Gasteiger partial charge in [0.1, 0.15) is 0 Å². The molecule has 1 saturated heterocycles. The number of benzene rings is 2. The van der Waals surface area contributed by atoms with Gasteiger partial charge in [-0.1, -0.05) is 24.3 Å². The molecule has 2 aromatic carbocycles. The number of aromatic nitrogens is 2. The molecule has 2 atom stereocenters. The van der Waals surface area contributed by atoms with Crippen molar-refractivity contribution < 1.29 is 41.0 Å². The minimum atomic E-state index is -5.11. The summed E-state index contributed by atoms with van der Waals surface area (Å²) in [5.41, 5.74) is -1.14. The molecule has 0 saturated carbocycles. The zero-order chi connectivity index (χ0) is 32.1. The lowest BCUT2D eigenvalue weighted by Crippen LogP contribution is -2.59. The zero-order valence-electron chi connectivity index (χ0n) is 23.5. The first-order valence-electron chi connectivity index (χ1n) is 14.1. The Kier molecular flexibility index (Phi) is 7.58. The summed E-state index contributed by atoms with van der Waals surface area (Å²) in [5, 5.41) is 10.4. The Balaban J connectivity index is 1.41. The van der Waals surface area contributed by atoms with Gasteiger partial charge in [0.05, 0.1) is 28.4 Å². The molecule has 1 fully saturated rings. The van der Waals surface area contributed by atoms with Crippen LogP contribution in [-0.4, -0.2) is 61.6 Å². The highest BCUT2D eigenvalue weighted by atomic mass is 19.4. The molecule has 45 heavy (non-hydrogen) atoms. The minimum Gasteiger partial charge on any atom is -0.464 e. The van der Waals surface area contributed by atoms with Gasteiger partial charge in [-0.3, -0.25) is 14.3 Å². The van der Waals surface area contributed by atoms with Crippen LogP contribution in [-0.2, 0) is 18.8 Å². The lowest BCUT2D eigenvalue weighted by atomic mass is 9.91. The maximum Gasteiger partial charge on any atom is 0.416 e. The van der Waals surface area contributed by atoms with E-state index in [1.807, 2.05) is 23.2 Å². The van der Waals surface area contributed by atoms with Crippen molar-refractivity contribution in [3.8, 4) is 0 Å². The number of nitrogens with zero attached hydrogens (tertiary/aromatic N) is 4. The summed E-state index contributed by atoms with van der Waals surface area (Å²) in [4.78, 5) is 33.7. The maximum absolute atomic E-state index is 13.9. The van der Waals surface area contributed by atoms with E-state index in [4.69, 9.17) is 0 Å². The van der Waals surface area contributed by atoms with E-state index in [1.54, 1.807) is 36.5 Å². The monoisotopic (exact) mass is 628 g/mol. The first-order chi connectivity index (χ1) is 21.3. The van der Waals surface area contributed by atoms with Crippen LogP contribution >= 0.6 is 0 Å². The van der Waals surface area contributed by atoms with Crippen molar-refractivity contribution in [2.45, 2.75) is 43.7 Å². The van der Waals surface area contributed by atoms with Crippen LogP contribution in [0.1, 0.15) is 45.6 Å². The van der Waals surface area contributed by atoms with Crippen LogP contribution in [0, 0.1) is 0 Å². The van der Waals surface area contributed by atoms with Crippen LogP contribution in [0.15, 0.2) is 79.3 Å². The van der Waals surface area contributed by atoms with E-state index in [-0.39, 0.29) is 31.6 Å². The van der Waals surface area contributed by atoms with Gasteiger partial charge in [0, 0.05) is 48.7 Å². The van der Waals surface area contributed by atoms with Crippen molar-refractivity contribution in [2.24, 2.45) is 0 Å². The summed E-state index contributed by atoms with van der Waals surface area (Å²) in [5.74, 6) is -0.960. The SMILES string of the molecule is O=C(c1cc(C(F)(F)F)cc(C(F)(F)F)c1)N1C[C@H]2CCC(c3ccccn3)=CN2C[C@H]1Cc1cn(C(=O)O)c2ccccc12. The Labute approximate surface area is 253 Å². The summed E-state index contributed by atoms with van der Waals surface area (Å²) in [7, 11) is 0. The predicted octanol–water partition coefficient (Wildman–Crippen LogP) is 7.17. The second kappa shape index (κ2) is 11.3. The van der Waals surface area contributed by atoms with Gasteiger partial charge >= 0.3 is 18.4 Å². The Morgan fingerprint density at radius 3 is 2.24 bits per heavy atom. The quantitative estimate of drug-likeness (QED) is 0.243. The average molecular weight is 629 g/mol. The molecule has 0 radical (unpaired) electrons. The number of amides is 1. The molecule has 2 aliphatic rings. The fourth-order valence-electron chi connectivity index (χ4n) is 6.21. The summed E-state index contributed by atoms with van der Waals surface area (Å²) in [6, 6.07) is 12.2. The number of para-hydroxylation sites is 1. The van der Waals surface area contributed by atoms with Crippen LogP contribution in [0.2, 0.25) is 0 Å². The Hall–Kier alpha value is -4.81. The normalized spacial score (nSPS) is 18.9. The third kappa shape index (κ3) is 5.98. The van der Waals surface area contributed by atoms with Crippen molar-refractivity contribution in [3.05, 3.63) is 107 Å². The van der Waals surface area contributed by atoms with Crippen LogP contribution < -0.4 is 0 Å². The molecule has 1 amide bonds. The highest BCUT2D eigenvalue weighted by molar-refractivity contribution is 5.95. The Bertz CT molecular complexity index is 1770. The second-order valence-electron chi connectivity index (χ2n) is 11.2. The van der Waals surface area contributed by atoms with Gasteiger partial charge < -0.3 is 14.9 Å². The van der Waals surface area contributed by atoms with Crippen LogP contribution in [0.3, 0.4) is 0 Å². The molecule has 0 bridgehead atoms. The molecule has 0 unspecified atom stereocenters. The Morgan fingerprint density at radius 1 is 0.911 bits per heavy atom. The molecule has 0 aliphatic carbocycles. The van der Waals surface area contributed by atoms with Gasteiger partial charge in [0.2, 0.25) is 0 Å². The van der Waals surface area contributed by atoms with E-state index in [9.17, 15) is 41.0 Å². The predicted molar refractivity (Wildman–Crippen MR) is 152 cm³/mol. The molecule has 4 aromatic rings. The maximum atomic E-state index is 13.9. The average Bonchev–Trinajstić information content (AvgIpc) is 3.38. The summed E-state index contributed by atoms with van der Waals surface area (Å²) < 4.78 is 83.0. The number of hydrogen-bond acceptors (Lipinski definition) is 4. The van der Waals surface area contributed by atoms with Gasteiger partial charge in [0.25, 0.3) is 5.91 Å². The fourth-order valence-corrected chi connectivity index (χ4v) is 6.21. The molecule has 234 valence electrons. The fraction of sp³-hybridized carbons (Fsp3) is 0.281. The van der Waals surface area contributed by atoms with Gasteiger partial charge in [-0.2, -0.15) is 26.3 Å². The number of carbonyl (C=O) groups excluding carboxylic acids is 1.